The number of hydrogen-bond donors (Lipinski definition) is 0. The molecule has 5 aromatic rings. The number of benzene rings is 2. The Morgan fingerprint density at radius 3 is 2.71 bits per heavy atom. The molecular formula is C20H15N7O2S2. The first-order valence-electron chi connectivity index (χ1n) is 9.19. The van der Waals surface area contributed by atoms with Crippen LogP contribution in [0, 0.1) is 0 Å². The van der Waals surface area contributed by atoms with Crippen LogP contribution in [0.2, 0.25) is 0 Å². The predicted octanol–water partition coefficient (Wildman–Crippen LogP) is 3.19. The van der Waals surface area contributed by atoms with Crippen molar-refractivity contribution < 1.29 is 13.3 Å². The van der Waals surface area contributed by atoms with E-state index in [1.165, 1.54) is 6.07 Å². The van der Waals surface area contributed by atoms with Crippen LogP contribution in [0.5, 0.6) is 0 Å². The molecule has 0 amide bonds. The summed E-state index contributed by atoms with van der Waals surface area (Å²) in [4.78, 5) is 9.10. The molecule has 0 fully saturated rings. The highest BCUT2D eigenvalue weighted by Gasteiger charge is 2.18. The zero-order valence-electron chi connectivity index (χ0n) is 16.0. The summed E-state index contributed by atoms with van der Waals surface area (Å²) >= 11 is 0.950. The van der Waals surface area contributed by atoms with Crippen molar-refractivity contribution >= 4 is 49.6 Å². The van der Waals surface area contributed by atoms with Gasteiger partial charge >= 0.3 is 0 Å². The van der Waals surface area contributed by atoms with E-state index in [0.717, 1.165) is 11.7 Å². The van der Waals surface area contributed by atoms with E-state index >= 15 is 0 Å². The van der Waals surface area contributed by atoms with Crippen LogP contribution in [0.4, 0.5) is 5.82 Å². The van der Waals surface area contributed by atoms with E-state index in [9.17, 15) is 8.76 Å². The molecule has 5 rings (SSSR count). The zero-order valence-corrected chi connectivity index (χ0v) is 17.7. The number of nitrogens with zero attached hydrogens (tertiary/aromatic N) is 7. The van der Waals surface area contributed by atoms with Crippen molar-refractivity contribution in [2.24, 2.45) is 4.36 Å². The van der Waals surface area contributed by atoms with Gasteiger partial charge in [0, 0.05) is 10.0 Å². The summed E-state index contributed by atoms with van der Waals surface area (Å²) in [6.45, 7) is 4.33. The van der Waals surface area contributed by atoms with Crippen molar-refractivity contribution in [2.45, 2.75) is 11.4 Å². The summed E-state index contributed by atoms with van der Waals surface area (Å²) < 4.78 is 42.3. The zero-order chi connectivity index (χ0) is 21.4. The molecule has 0 spiro atoms. The van der Waals surface area contributed by atoms with Gasteiger partial charge in [0.1, 0.15) is 30.0 Å². The van der Waals surface area contributed by atoms with Gasteiger partial charge in [0.05, 0.1) is 27.7 Å². The highest BCUT2D eigenvalue weighted by Crippen LogP contribution is 2.28. The molecular weight excluding hydrogens is 434 g/mol. The Bertz CT molecular complexity index is 1560. The lowest BCUT2D eigenvalue weighted by Crippen LogP contribution is -2.29. The van der Waals surface area contributed by atoms with Gasteiger partial charge in [-0.15, -0.1) is 0 Å². The van der Waals surface area contributed by atoms with Crippen LogP contribution in [-0.2, 0) is 16.6 Å². The van der Waals surface area contributed by atoms with E-state index in [2.05, 4.69) is 29.7 Å². The summed E-state index contributed by atoms with van der Waals surface area (Å²) in [5.41, 5.74) is 1.96. The Labute approximate surface area is 181 Å². The monoisotopic (exact) mass is 449 g/mol. The van der Waals surface area contributed by atoms with E-state index in [1.54, 1.807) is 41.4 Å². The summed E-state index contributed by atoms with van der Waals surface area (Å²) in [7, 11) is -4.12. The Morgan fingerprint density at radius 1 is 1.13 bits per heavy atom. The van der Waals surface area contributed by atoms with Crippen LogP contribution in [0.1, 0.15) is 0 Å². The smallest absolute Gasteiger partial charge is 0.272 e. The van der Waals surface area contributed by atoms with Gasteiger partial charge in [-0.25, -0.2) is 14.5 Å². The van der Waals surface area contributed by atoms with Crippen molar-refractivity contribution in [3.05, 3.63) is 73.8 Å². The van der Waals surface area contributed by atoms with Gasteiger partial charge in [-0.1, -0.05) is 30.9 Å². The van der Waals surface area contributed by atoms with Crippen molar-refractivity contribution in [3.63, 3.8) is 0 Å². The average molecular weight is 450 g/mol. The molecule has 154 valence electrons. The van der Waals surface area contributed by atoms with Crippen molar-refractivity contribution in [1.29, 1.82) is 0 Å². The second kappa shape index (κ2) is 7.61. The molecule has 3 heterocycles. The number of rotatable bonds is 5. The van der Waals surface area contributed by atoms with Crippen LogP contribution in [0.25, 0.3) is 27.9 Å². The number of imidazole rings is 1. The maximum Gasteiger partial charge on any atom is 0.272 e. The first kappa shape index (κ1) is 19.4. The lowest BCUT2D eigenvalue weighted by Gasteiger charge is -2.14. The number of aromatic nitrogens is 6. The van der Waals surface area contributed by atoms with E-state index < -0.39 is 10.0 Å². The normalized spacial score (nSPS) is 13.3. The standard InChI is InChI=1S/C20H15N7O2S2/c1-2-10-26-11-12-27(13-26)20-19(21-14-6-3-4-7-15(14)22-20)25-31(28,29)17-9-5-8-16-18(17)24-30-23-16/h2-9,11-13H,1,10H2. The fourth-order valence-electron chi connectivity index (χ4n) is 3.15. The molecule has 0 aliphatic rings. The fourth-order valence-corrected chi connectivity index (χ4v) is 4.85. The molecule has 3 aromatic heterocycles. The second-order valence-electron chi connectivity index (χ2n) is 6.62. The molecule has 9 nitrogen and oxygen atoms in total. The lowest BCUT2D eigenvalue weighted by molar-refractivity contribution is -0.686. The quantitative estimate of drug-likeness (QED) is 0.301. The number of allylic oxidation sites excluding steroid dienone is 1. The Hall–Kier alpha value is -3.54. The maximum atomic E-state index is 13.2. The molecule has 31 heavy (non-hydrogen) atoms. The van der Waals surface area contributed by atoms with Crippen LogP contribution < -0.4 is 4.57 Å². The van der Waals surface area contributed by atoms with E-state index in [0.29, 0.717) is 28.9 Å². The first-order chi connectivity index (χ1) is 15.0. The minimum atomic E-state index is -4.12. The molecule has 0 bridgehead atoms. The maximum absolute atomic E-state index is 13.2. The minimum Gasteiger partial charge on any atom is -0.760 e. The molecule has 1 atom stereocenters. The van der Waals surface area contributed by atoms with Gasteiger partial charge < -0.3 is 4.55 Å². The van der Waals surface area contributed by atoms with E-state index in [-0.39, 0.29) is 16.2 Å². The highest BCUT2D eigenvalue weighted by molar-refractivity contribution is 7.88. The first-order valence-corrected chi connectivity index (χ1v) is 11.4. The number of hydrogen-bond acceptors (Lipinski definition) is 8. The molecule has 0 radical (unpaired) electrons. The molecule has 1 unspecified atom stereocenters. The van der Waals surface area contributed by atoms with Crippen molar-refractivity contribution in [1.82, 2.24) is 23.3 Å². The molecule has 2 aromatic carbocycles. The molecule has 0 saturated carbocycles. The molecule has 0 aliphatic heterocycles. The summed E-state index contributed by atoms with van der Waals surface area (Å²) in [6.07, 6.45) is 7.13. The van der Waals surface area contributed by atoms with Crippen LogP contribution in [0.3, 0.4) is 0 Å². The Morgan fingerprint density at radius 2 is 1.90 bits per heavy atom. The van der Waals surface area contributed by atoms with Crippen LogP contribution in [0.15, 0.2) is 83.1 Å². The van der Waals surface area contributed by atoms with Gasteiger partial charge in [0.25, 0.3) is 12.1 Å². The molecule has 0 aliphatic carbocycles. The number of para-hydroxylation sites is 2. The Kier molecular flexibility index (Phi) is 4.77. The van der Waals surface area contributed by atoms with E-state index in [4.69, 9.17) is 0 Å². The van der Waals surface area contributed by atoms with Crippen molar-refractivity contribution in [2.75, 3.05) is 0 Å². The molecule has 0 saturated heterocycles. The third kappa shape index (κ3) is 3.58. The molecule has 11 heteroatoms. The summed E-state index contributed by atoms with van der Waals surface area (Å²) in [5.74, 6) is 0.286. The van der Waals surface area contributed by atoms with Gasteiger partial charge in [-0.05, 0) is 24.3 Å². The average Bonchev–Trinajstić information content (AvgIpc) is 3.42. The van der Waals surface area contributed by atoms with Gasteiger partial charge in [-0.3, -0.25) is 4.21 Å². The lowest BCUT2D eigenvalue weighted by atomic mass is 10.3. The topological polar surface area (TPSA) is 113 Å². The third-order valence-electron chi connectivity index (χ3n) is 4.54. The Balaban J connectivity index is 1.75. The summed E-state index contributed by atoms with van der Waals surface area (Å²) in [5, 5.41) is 0. The fraction of sp³-hybridized carbons (Fsp3) is 0.0500. The highest BCUT2D eigenvalue weighted by atomic mass is 32.2. The van der Waals surface area contributed by atoms with Gasteiger partial charge in [0.15, 0.2) is 0 Å². The molecule has 0 N–H and O–H groups in total. The van der Waals surface area contributed by atoms with Crippen molar-refractivity contribution in [3.8, 4) is 5.82 Å². The minimum absolute atomic E-state index is 0.0137. The summed E-state index contributed by atoms with van der Waals surface area (Å²) in [6, 6.07) is 12.0. The largest absolute Gasteiger partial charge is 0.760 e. The SMILES string of the molecule is C=CC[n+]1ccn(-c2nc3ccccc3nc2N=S(=O)([O-])c2cccc3nsnc23)c1. The van der Waals surface area contributed by atoms with Crippen LogP contribution >= 0.6 is 11.7 Å². The van der Waals surface area contributed by atoms with Crippen LogP contribution in [-0.4, -0.2) is 32.0 Å². The third-order valence-corrected chi connectivity index (χ3v) is 6.39. The van der Waals surface area contributed by atoms with E-state index in [1.807, 2.05) is 29.0 Å². The number of fused-ring (bicyclic) bond motifs is 2. The predicted molar refractivity (Wildman–Crippen MR) is 116 cm³/mol. The second-order valence-corrected chi connectivity index (χ2v) is 8.72. The van der Waals surface area contributed by atoms with Gasteiger partial charge in [0.2, 0.25) is 5.82 Å². The van der Waals surface area contributed by atoms with Gasteiger partial charge in [-0.2, -0.15) is 17.7 Å².